The van der Waals surface area contributed by atoms with Crippen LogP contribution in [0.25, 0.3) is 0 Å². The van der Waals surface area contributed by atoms with E-state index >= 15 is 0 Å². The van der Waals surface area contributed by atoms with Gasteiger partial charge < -0.3 is 0 Å². The number of hydrogen-bond donors (Lipinski definition) is 0. The highest BCUT2D eigenvalue weighted by Gasteiger charge is 2.32. The molecule has 0 aromatic heterocycles. The number of carbonyl (C=O) groups is 1. The summed E-state index contributed by atoms with van der Waals surface area (Å²) in [5.41, 5.74) is 5.84. The van der Waals surface area contributed by atoms with Crippen molar-refractivity contribution in [3.05, 3.63) is 22.3 Å². The van der Waals surface area contributed by atoms with Gasteiger partial charge >= 0.3 is 0 Å². The molecule has 0 fully saturated rings. The summed E-state index contributed by atoms with van der Waals surface area (Å²) in [6.07, 6.45) is 7.93. The summed E-state index contributed by atoms with van der Waals surface area (Å²) in [5.74, 6) is 0.440. The maximum Gasteiger partial charge on any atom is 0.159 e. The average Bonchev–Trinajstić information content (AvgIpc) is 2.65. The van der Waals surface area contributed by atoms with Gasteiger partial charge in [0, 0.05) is 12.0 Å². The molecule has 68 valence electrons. The first-order valence-electron chi connectivity index (χ1n) is 5.33. The number of rotatable bonds is 0. The lowest BCUT2D eigenvalue weighted by Crippen LogP contribution is -2.09. The molecule has 13 heavy (non-hydrogen) atoms. The molecule has 0 aliphatic heterocycles. The summed E-state index contributed by atoms with van der Waals surface area (Å²) in [4.78, 5) is 11.6. The van der Waals surface area contributed by atoms with Crippen LogP contribution in [-0.4, -0.2) is 5.78 Å². The molecule has 0 unspecified atom stereocenters. The molecule has 0 bridgehead atoms. The summed E-state index contributed by atoms with van der Waals surface area (Å²) in [6, 6.07) is 0. The van der Waals surface area contributed by atoms with E-state index in [1.165, 1.54) is 36.8 Å². The SMILES string of the molecule is O=C1CCCC2=C1CC1=C2CCC1. The predicted molar refractivity (Wildman–Crippen MR) is 51.4 cm³/mol. The van der Waals surface area contributed by atoms with Gasteiger partial charge in [0.25, 0.3) is 0 Å². The van der Waals surface area contributed by atoms with Crippen molar-refractivity contribution < 1.29 is 4.79 Å². The second kappa shape index (κ2) is 2.57. The third kappa shape index (κ3) is 0.962. The molecule has 0 saturated heterocycles. The number of Topliss-reactive ketones (excluding diaryl/α,β-unsaturated/α-hetero) is 1. The Hall–Kier alpha value is -0.850. The third-order valence-electron chi connectivity index (χ3n) is 3.62. The van der Waals surface area contributed by atoms with Gasteiger partial charge in [0.05, 0.1) is 0 Å². The van der Waals surface area contributed by atoms with Gasteiger partial charge in [0.2, 0.25) is 0 Å². The first-order valence-corrected chi connectivity index (χ1v) is 5.33. The summed E-state index contributed by atoms with van der Waals surface area (Å²) >= 11 is 0. The van der Waals surface area contributed by atoms with Crippen molar-refractivity contribution in [3.8, 4) is 0 Å². The molecule has 0 aromatic carbocycles. The minimum absolute atomic E-state index is 0.440. The molecule has 0 spiro atoms. The maximum absolute atomic E-state index is 11.6. The number of allylic oxidation sites excluding steroid dienone is 4. The monoisotopic (exact) mass is 174 g/mol. The van der Waals surface area contributed by atoms with E-state index in [4.69, 9.17) is 0 Å². The molecule has 0 aromatic rings. The van der Waals surface area contributed by atoms with Gasteiger partial charge in [0.1, 0.15) is 0 Å². The van der Waals surface area contributed by atoms with Crippen LogP contribution < -0.4 is 0 Å². The molecule has 0 heterocycles. The number of hydrogen-bond acceptors (Lipinski definition) is 1. The van der Waals surface area contributed by atoms with Crippen molar-refractivity contribution in [2.75, 3.05) is 0 Å². The molecule has 1 nitrogen and oxygen atoms in total. The third-order valence-corrected chi connectivity index (χ3v) is 3.62. The standard InChI is InChI=1S/C12H14O/c13-12-6-2-5-10-9-4-1-3-8(9)7-11(10)12/h1-7H2. The van der Waals surface area contributed by atoms with Crippen LogP contribution in [0, 0.1) is 0 Å². The zero-order chi connectivity index (χ0) is 8.84. The zero-order valence-corrected chi connectivity index (χ0v) is 7.86. The first-order chi connectivity index (χ1) is 6.36. The van der Waals surface area contributed by atoms with Crippen molar-refractivity contribution in [1.82, 2.24) is 0 Å². The predicted octanol–water partition coefficient (Wildman–Crippen LogP) is 2.92. The Morgan fingerprint density at radius 1 is 0.769 bits per heavy atom. The smallest absolute Gasteiger partial charge is 0.159 e. The Bertz CT molecular complexity index is 344. The molecule has 3 aliphatic carbocycles. The van der Waals surface area contributed by atoms with E-state index in [1.807, 2.05) is 0 Å². The van der Waals surface area contributed by atoms with E-state index < -0.39 is 0 Å². The van der Waals surface area contributed by atoms with Crippen LogP contribution >= 0.6 is 0 Å². The van der Waals surface area contributed by atoms with E-state index in [9.17, 15) is 4.79 Å². The largest absolute Gasteiger partial charge is 0.295 e. The van der Waals surface area contributed by atoms with Gasteiger partial charge in [-0.2, -0.15) is 0 Å². The van der Waals surface area contributed by atoms with Gasteiger partial charge in [-0.1, -0.05) is 5.57 Å². The lowest BCUT2D eigenvalue weighted by Gasteiger charge is -2.15. The Labute approximate surface area is 78.5 Å². The molecule has 0 N–H and O–H groups in total. The second-order valence-corrected chi connectivity index (χ2v) is 4.35. The summed E-state index contributed by atoms with van der Waals surface area (Å²) < 4.78 is 0. The Balaban J connectivity index is 2.04. The van der Waals surface area contributed by atoms with E-state index in [0.717, 1.165) is 19.3 Å². The van der Waals surface area contributed by atoms with Crippen LogP contribution in [0.4, 0.5) is 0 Å². The fraction of sp³-hybridized carbons (Fsp3) is 0.583. The average molecular weight is 174 g/mol. The van der Waals surface area contributed by atoms with Gasteiger partial charge in [-0.3, -0.25) is 4.79 Å². The van der Waals surface area contributed by atoms with E-state index in [1.54, 1.807) is 11.1 Å². The normalized spacial score (nSPS) is 26.9. The van der Waals surface area contributed by atoms with Gasteiger partial charge in [0.15, 0.2) is 5.78 Å². The molecule has 1 heteroatoms. The molecule has 0 saturated carbocycles. The number of carbonyl (C=O) groups excluding carboxylic acids is 1. The maximum atomic E-state index is 11.6. The minimum atomic E-state index is 0.440. The topological polar surface area (TPSA) is 17.1 Å². The highest BCUT2D eigenvalue weighted by molar-refractivity contribution is 5.99. The summed E-state index contributed by atoms with van der Waals surface area (Å²) in [7, 11) is 0. The van der Waals surface area contributed by atoms with Crippen LogP contribution in [0.1, 0.15) is 44.9 Å². The van der Waals surface area contributed by atoms with Crippen molar-refractivity contribution in [2.45, 2.75) is 44.9 Å². The molecular formula is C12H14O. The molecule has 3 rings (SSSR count). The lowest BCUT2D eigenvalue weighted by molar-refractivity contribution is -0.116. The fourth-order valence-electron chi connectivity index (χ4n) is 3.01. The van der Waals surface area contributed by atoms with Crippen molar-refractivity contribution in [2.24, 2.45) is 0 Å². The summed E-state index contributed by atoms with van der Waals surface area (Å²) in [6.45, 7) is 0. The molecule has 0 atom stereocenters. The van der Waals surface area contributed by atoms with Crippen LogP contribution in [0.5, 0.6) is 0 Å². The molecule has 0 radical (unpaired) electrons. The van der Waals surface area contributed by atoms with Crippen molar-refractivity contribution >= 4 is 5.78 Å². The Morgan fingerprint density at radius 3 is 2.46 bits per heavy atom. The highest BCUT2D eigenvalue weighted by Crippen LogP contribution is 2.46. The van der Waals surface area contributed by atoms with Crippen LogP contribution in [0.3, 0.4) is 0 Å². The molecule has 3 aliphatic rings. The van der Waals surface area contributed by atoms with Gasteiger partial charge in [-0.05, 0) is 49.7 Å². The Morgan fingerprint density at radius 2 is 1.54 bits per heavy atom. The number of fused-ring (bicyclic) bond motifs is 1. The first kappa shape index (κ1) is 7.54. The number of ketones is 1. The Kier molecular flexibility index (Phi) is 1.49. The second-order valence-electron chi connectivity index (χ2n) is 4.35. The molecule has 0 amide bonds. The van der Waals surface area contributed by atoms with Crippen molar-refractivity contribution in [1.29, 1.82) is 0 Å². The van der Waals surface area contributed by atoms with Crippen LogP contribution in [-0.2, 0) is 4.79 Å². The van der Waals surface area contributed by atoms with E-state index in [-0.39, 0.29) is 0 Å². The van der Waals surface area contributed by atoms with E-state index in [2.05, 4.69) is 0 Å². The van der Waals surface area contributed by atoms with Gasteiger partial charge in [-0.15, -0.1) is 0 Å². The summed E-state index contributed by atoms with van der Waals surface area (Å²) in [5, 5.41) is 0. The quantitative estimate of drug-likeness (QED) is 0.552. The van der Waals surface area contributed by atoms with Gasteiger partial charge in [-0.25, -0.2) is 0 Å². The zero-order valence-electron chi connectivity index (χ0n) is 7.86. The molecular weight excluding hydrogens is 160 g/mol. The lowest BCUT2D eigenvalue weighted by atomic mass is 9.89. The highest BCUT2D eigenvalue weighted by atomic mass is 16.1. The van der Waals surface area contributed by atoms with Crippen LogP contribution in [0.15, 0.2) is 22.3 Å². The van der Waals surface area contributed by atoms with Crippen molar-refractivity contribution in [3.63, 3.8) is 0 Å². The van der Waals surface area contributed by atoms with Crippen LogP contribution in [0.2, 0.25) is 0 Å². The fourth-order valence-corrected chi connectivity index (χ4v) is 3.01. The van der Waals surface area contributed by atoms with E-state index in [0.29, 0.717) is 5.78 Å². The minimum Gasteiger partial charge on any atom is -0.295 e.